The smallest absolute Gasteiger partial charge is 0.416 e. The number of furan rings is 1. The first-order valence-electron chi connectivity index (χ1n) is 10.6. The van der Waals surface area contributed by atoms with Crippen molar-refractivity contribution in [3.63, 3.8) is 0 Å². The zero-order valence-corrected chi connectivity index (χ0v) is 21.7. The van der Waals surface area contributed by atoms with E-state index in [1.165, 1.54) is 13.2 Å². The lowest BCUT2D eigenvalue weighted by Gasteiger charge is -2.16. The van der Waals surface area contributed by atoms with Gasteiger partial charge in [-0.2, -0.15) is 13.2 Å². The number of nitrogens with one attached hydrogen (secondary N) is 1. The summed E-state index contributed by atoms with van der Waals surface area (Å²) in [6.45, 7) is 1.26. The van der Waals surface area contributed by atoms with E-state index >= 15 is 0 Å². The van der Waals surface area contributed by atoms with Crippen molar-refractivity contribution in [1.82, 2.24) is 4.90 Å². The molecular formula is C25H18BrF3N2O5S. The molecule has 2 heterocycles. The number of ether oxygens (including phenoxy) is 1. The third-order valence-electron chi connectivity index (χ3n) is 5.27. The Morgan fingerprint density at radius 2 is 1.92 bits per heavy atom. The highest BCUT2D eigenvalue weighted by molar-refractivity contribution is 9.10. The van der Waals surface area contributed by atoms with Crippen molar-refractivity contribution >= 4 is 56.5 Å². The number of carbonyl (C=O) groups is 3. The molecule has 2 aromatic carbocycles. The molecule has 1 aliphatic heterocycles. The van der Waals surface area contributed by atoms with E-state index in [1.807, 2.05) is 25.1 Å². The average Bonchev–Trinajstić information content (AvgIpc) is 3.38. The van der Waals surface area contributed by atoms with Crippen molar-refractivity contribution in [2.24, 2.45) is 0 Å². The Labute approximate surface area is 221 Å². The van der Waals surface area contributed by atoms with E-state index in [0.717, 1.165) is 27.7 Å². The summed E-state index contributed by atoms with van der Waals surface area (Å²) in [6.07, 6.45) is -3.24. The molecule has 3 amide bonds. The fourth-order valence-corrected chi connectivity index (χ4v) is 4.98. The zero-order valence-electron chi connectivity index (χ0n) is 19.3. The van der Waals surface area contributed by atoms with Crippen LogP contribution >= 0.6 is 27.7 Å². The number of aryl methyl sites for hydroxylation is 1. The third kappa shape index (κ3) is 5.91. The fraction of sp³-hybridized carbons (Fsp3) is 0.160. The minimum absolute atomic E-state index is 0.00998. The number of alkyl halides is 3. The van der Waals surface area contributed by atoms with Gasteiger partial charge >= 0.3 is 6.18 Å². The van der Waals surface area contributed by atoms with Gasteiger partial charge in [0.15, 0.2) is 0 Å². The predicted octanol–water partition coefficient (Wildman–Crippen LogP) is 6.72. The monoisotopic (exact) mass is 594 g/mol. The molecule has 0 saturated carbocycles. The van der Waals surface area contributed by atoms with Crippen LogP contribution in [-0.2, 0) is 15.8 Å². The first kappa shape index (κ1) is 26.6. The van der Waals surface area contributed by atoms with Gasteiger partial charge in [0, 0.05) is 16.1 Å². The average molecular weight is 595 g/mol. The zero-order chi connectivity index (χ0) is 26.9. The lowest BCUT2D eigenvalue weighted by atomic mass is 10.1. The van der Waals surface area contributed by atoms with Gasteiger partial charge in [-0.1, -0.05) is 22.0 Å². The second kappa shape index (κ2) is 10.5. The van der Waals surface area contributed by atoms with E-state index in [2.05, 4.69) is 21.2 Å². The van der Waals surface area contributed by atoms with Gasteiger partial charge in [0.2, 0.25) is 5.91 Å². The Kier molecular flexibility index (Phi) is 7.51. The van der Waals surface area contributed by atoms with Gasteiger partial charge in [-0.3, -0.25) is 19.3 Å². The van der Waals surface area contributed by atoms with Gasteiger partial charge in [0.25, 0.3) is 11.1 Å². The Hall–Kier alpha value is -3.51. The maximum atomic E-state index is 13.1. The number of imide groups is 1. The molecule has 3 aromatic rings. The molecule has 0 atom stereocenters. The van der Waals surface area contributed by atoms with Gasteiger partial charge in [-0.15, -0.1) is 0 Å². The van der Waals surface area contributed by atoms with Crippen molar-refractivity contribution < 1.29 is 36.7 Å². The summed E-state index contributed by atoms with van der Waals surface area (Å²) in [4.78, 5) is 38.5. The van der Waals surface area contributed by atoms with E-state index in [0.29, 0.717) is 34.2 Å². The van der Waals surface area contributed by atoms with Crippen LogP contribution in [0.4, 0.5) is 23.7 Å². The molecule has 37 heavy (non-hydrogen) atoms. The Bertz CT molecular complexity index is 1430. The number of hydrogen-bond acceptors (Lipinski definition) is 6. The predicted molar refractivity (Wildman–Crippen MR) is 136 cm³/mol. The van der Waals surface area contributed by atoms with E-state index in [-0.39, 0.29) is 16.3 Å². The fourth-order valence-electron chi connectivity index (χ4n) is 3.48. The van der Waals surface area contributed by atoms with Crippen LogP contribution in [0, 0.1) is 6.92 Å². The molecule has 1 N–H and O–H groups in total. The highest BCUT2D eigenvalue weighted by Gasteiger charge is 2.37. The van der Waals surface area contributed by atoms with Crippen LogP contribution in [0.15, 0.2) is 62.3 Å². The molecule has 1 fully saturated rings. The molecule has 1 aromatic heterocycles. The lowest BCUT2D eigenvalue weighted by Crippen LogP contribution is -2.36. The first-order chi connectivity index (χ1) is 17.5. The Balaban J connectivity index is 1.48. The van der Waals surface area contributed by atoms with Crippen molar-refractivity contribution in [1.29, 1.82) is 0 Å². The van der Waals surface area contributed by atoms with E-state index in [9.17, 15) is 27.6 Å². The third-order valence-corrected chi connectivity index (χ3v) is 6.83. The number of halogens is 4. The van der Waals surface area contributed by atoms with Gasteiger partial charge in [0.1, 0.15) is 23.8 Å². The van der Waals surface area contributed by atoms with Crippen LogP contribution in [0.5, 0.6) is 5.75 Å². The number of amides is 3. The molecule has 4 rings (SSSR count). The quantitative estimate of drug-likeness (QED) is 0.319. The van der Waals surface area contributed by atoms with Gasteiger partial charge < -0.3 is 14.5 Å². The van der Waals surface area contributed by atoms with E-state index in [1.54, 1.807) is 12.1 Å². The summed E-state index contributed by atoms with van der Waals surface area (Å²) in [6, 6.07) is 11.7. The van der Waals surface area contributed by atoms with Crippen LogP contribution in [-0.4, -0.2) is 35.6 Å². The van der Waals surface area contributed by atoms with Crippen LogP contribution in [0.1, 0.15) is 16.9 Å². The van der Waals surface area contributed by atoms with Gasteiger partial charge in [-0.25, -0.2) is 0 Å². The van der Waals surface area contributed by atoms with Crippen LogP contribution in [0.3, 0.4) is 0 Å². The second-order valence-corrected chi connectivity index (χ2v) is 9.76. The molecule has 1 saturated heterocycles. The van der Waals surface area contributed by atoms with Crippen LogP contribution in [0.2, 0.25) is 0 Å². The number of carbonyl (C=O) groups excluding carboxylic acids is 3. The molecule has 0 spiro atoms. The number of hydrogen-bond donors (Lipinski definition) is 1. The minimum atomic E-state index is -4.63. The SMILES string of the molecule is COc1ccc(C(F)(F)F)cc1NC(=O)CN1C(=O)S/C(=C\c2ccc(-c3ccc(C)cc3Br)o2)C1=O. The summed E-state index contributed by atoms with van der Waals surface area (Å²) >= 11 is 4.11. The molecule has 192 valence electrons. The molecule has 1 aliphatic rings. The second-order valence-electron chi connectivity index (χ2n) is 7.91. The number of rotatable bonds is 6. The van der Waals surface area contributed by atoms with Crippen LogP contribution < -0.4 is 10.1 Å². The lowest BCUT2D eigenvalue weighted by molar-refractivity contribution is -0.137. The molecule has 0 unspecified atom stereocenters. The van der Waals surface area contributed by atoms with E-state index < -0.39 is 35.3 Å². The largest absolute Gasteiger partial charge is 0.495 e. The van der Waals surface area contributed by atoms with Crippen molar-refractivity contribution in [3.8, 4) is 17.1 Å². The number of thioether (sulfide) groups is 1. The molecule has 7 nitrogen and oxygen atoms in total. The highest BCUT2D eigenvalue weighted by atomic mass is 79.9. The van der Waals surface area contributed by atoms with Crippen LogP contribution in [0.25, 0.3) is 17.4 Å². The number of methoxy groups -OCH3 is 1. The number of anilines is 1. The number of benzene rings is 2. The summed E-state index contributed by atoms with van der Waals surface area (Å²) in [5.41, 5.74) is 0.634. The normalized spacial score (nSPS) is 15.0. The Morgan fingerprint density at radius 3 is 2.59 bits per heavy atom. The molecule has 0 bridgehead atoms. The highest BCUT2D eigenvalue weighted by Crippen LogP contribution is 2.36. The summed E-state index contributed by atoms with van der Waals surface area (Å²) < 4.78 is 50.8. The standard InChI is InChI=1S/C25H18BrF3N2O5S/c1-13-3-6-16(17(26)9-13)19-8-5-15(36-19)11-21-23(33)31(24(34)37-21)12-22(32)30-18-10-14(25(27,28)29)4-7-20(18)35-2/h3-11H,12H2,1-2H3,(H,30,32)/b21-11-. The maximum absolute atomic E-state index is 13.1. The van der Waals surface area contributed by atoms with E-state index in [4.69, 9.17) is 9.15 Å². The summed E-state index contributed by atoms with van der Waals surface area (Å²) in [7, 11) is 1.23. The van der Waals surface area contributed by atoms with Gasteiger partial charge in [0.05, 0.1) is 23.3 Å². The minimum Gasteiger partial charge on any atom is -0.495 e. The molecule has 0 aliphatic carbocycles. The molecular weight excluding hydrogens is 577 g/mol. The summed E-state index contributed by atoms with van der Waals surface area (Å²) in [5.74, 6) is -0.733. The molecule has 12 heteroatoms. The topological polar surface area (TPSA) is 88.8 Å². The van der Waals surface area contributed by atoms with Crippen molar-refractivity contribution in [3.05, 3.63) is 74.8 Å². The molecule has 0 radical (unpaired) electrons. The maximum Gasteiger partial charge on any atom is 0.416 e. The summed E-state index contributed by atoms with van der Waals surface area (Å²) in [5, 5.41) is 1.58. The number of nitrogens with zero attached hydrogens (tertiary/aromatic N) is 1. The van der Waals surface area contributed by atoms with Crippen molar-refractivity contribution in [2.45, 2.75) is 13.1 Å². The Morgan fingerprint density at radius 1 is 1.16 bits per heavy atom. The first-order valence-corrected chi connectivity index (χ1v) is 12.2. The van der Waals surface area contributed by atoms with Gasteiger partial charge in [-0.05, 0) is 66.7 Å². The van der Waals surface area contributed by atoms with Crippen molar-refractivity contribution in [2.75, 3.05) is 19.0 Å².